The Kier molecular flexibility index (Phi) is 3.29. The van der Waals surface area contributed by atoms with Gasteiger partial charge in [0.25, 0.3) is 0 Å². The molecule has 0 aromatic rings. The van der Waals surface area contributed by atoms with Gasteiger partial charge in [0, 0.05) is 25.2 Å². The molecule has 68 valence electrons. The van der Waals surface area contributed by atoms with Crippen LogP contribution in [-0.2, 0) is 4.79 Å². The molecule has 1 heterocycles. The summed E-state index contributed by atoms with van der Waals surface area (Å²) < 4.78 is 0. The molecule has 0 fully saturated rings. The van der Waals surface area contributed by atoms with Gasteiger partial charge in [0.15, 0.2) is 0 Å². The topological polar surface area (TPSA) is 32.3 Å². The molecule has 0 saturated heterocycles. The van der Waals surface area contributed by atoms with E-state index >= 15 is 0 Å². The molecule has 0 bridgehead atoms. The Morgan fingerprint density at radius 1 is 1.75 bits per heavy atom. The zero-order chi connectivity index (χ0) is 8.97. The zero-order valence-electron chi connectivity index (χ0n) is 7.76. The summed E-state index contributed by atoms with van der Waals surface area (Å²) in [5.41, 5.74) is 0.908. The highest BCUT2D eigenvalue weighted by molar-refractivity contribution is 5.93. The van der Waals surface area contributed by atoms with Crippen molar-refractivity contribution in [2.24, 2.45) is 0 Å². The van der Waals surface area contributed by atoms with Crippen LogP contribution in [0.1, 0.15) is 13.3 Å². The number of nitrogens with zero attached hydrogens (tertiary/aromatic N) is 1. The van der Waals surface area contributed by atoms with Crippen LogP contribution in [0.3, 0.4) is 0 Å². The molecular weight excluding hydrogens is 152 g/mol. The van der Waals surface area contributed by atoms with E-state index < -0.39 is 0 Å². The third-order valence-electron chi connectivity index (χ3n) is 1.97. The second-order valence-corrected chi connectivity index (χ2v) is 3.12. The van der Waals surface area contributed by atoms with E-state index in [1.165, 1.54) is 0 Å². The summed E-state index contributed by atoms with van der Waals surface area (Å²) in [7, 11) is 2.03. The van der Waals surface area contributed by atoms with Crippen molar-refractivity contribution >= 4 is 5.91 Å². The fourth-order valence-corrected chi connectivity index (χ4v) is 1.33. The average Bonchev–Trinajstić information content (AvgIpc) is 2.05. The number of carbonyl (C=O) groups excluding carboxylic acids is 1. The van der Waals surface area contributed by atoms with Crippen LogP contribution in [0.4, 0.5) is 0 Å². The Morgan fingerprint density at radius 2 is 2.50 bits per heavy atom. The first kappa shape index (κ1) is 9.26. The molecule has 1 rings (SSSR count). The summed E-state index contributed by atoms with van der Waals surface area (Å²) in [6.07, 6.45) is 3.02. The molecule has 0 aromatic carbocycles. The van der Waals surface area contributed by atoms with E-state index in [9.17, 15) is 4.79 Å². The normalized spacial score (nSPS) is 18.7. The van der Waals surface area contributed by atoms with E-state index in [1.54, 1.807) is 0 Å². The second kappa shape index (κ2) is 4.26. The lowest BCUT2D eigenvalue weighted by atomic mass is 10.1. The predicted molar refractivity (Wildman–Crippen MR) is 48.9 cm³/mol. The molecule has 0 radical (unpaired) electrons. The van der Waals surface area contributed by atoms with Crippen LogP contribution in [0.15, 0.2) is 11.6 Å². The minimum atomic E-state index is 0.0871. The van der Waals surface area contributed by atoms with Crippen LogP contribution >= 0.6 is 0 Å². The van der Waals surface area contributed by atoms with E-state index in [2.05, 4.69) is 10.2 Å². The summed E-state index contributed by atoms with van der Waals surface area (Å²) in [5.74, 6) is 0.0871. The smallest absolute Gasteiger partial charge is 0.248 e. The Morgan fingerprint density at radius 3 is 3.08 bits per heavy atom. The minimum absolute atomic E-state index is 0.0871. The molecule has 0 aromatic heterocycles. The van der Waals surface area contributed by atoms with Gasteiger partial charge >= 0.3 is 0 Å². The highest BCUT2D eigenvalue weighted by Gasteiger charge is 2.13. The van der Waals surface area contributed by atoms with Crippen LogP contribution in [0.25, 0.3) is 0 Å². The van der Waals surface area contributed by atoms with Crippen LogP contribution in [0.2, 0.25) is 0 Å². The van der Waals surface area contributed by atoms with Crippen molar-refractivity contribution in [2.45, 2.75) is 13.3 Å². The molecule has 1 aliphatic heterocycles. The van der Waals surface area contributed by atoms with Gasteiger partial charge in [0.05, 0.1) is 0 Å². The van der Waals surface area contributed by atoms with Crippen molar-refractivity contribution in [3.63, 3.8) is 0 Å². The van der Waals surface area contributed by atoms with Crippen molar-refractivity contribution in [3.8, 4) is 0 Å². The molecular formula is C9H16N2O. The van der Waals surface area contributed by atoms with E-state index in [1.807, 2.05) is 20.0 Å². The Bertz CT molecular complexity index is 199. The number of carbonyl (C=O) groups is 1. The van der Waals surface area contributed by atoms with Crippen LogP contribution in [0, 0.1) is 0 Å². The molecule has 3 nitrogen and oxygen atoms in total. The van der Waals surface area contributed by atoms with E-state index in [0.717, 1.165) is 25.1 Å². The molecule has 0 atom stereocenters. The zero-order valence-corrected chi connectivity index (χ0v) is 7.76. The van der Waals surface area contributed by atoms with Gasteiger partial charge in [-0.3, -0.25) is 4.79 Å². The number of hydrogen-bond donors (Lipinski definition) is 1. The Hall–Kier alpha value is -0.830. The lowest BCUT2D eigenvalue weighted by Gasteiger charge is -2.21. The minimum Gasteiger partial charge on any atom is -0.353 e. The van der Waals surface area contributed by atoms with Gasteiger partial charge in [-0.2, -0.15) is 0 Å². The fraction of sp³-hybridized carbons (Fsp3) is 0.667. The lowest BCUT2D eigenvalue weighted by molar-refractivity contribution is -0.117. The van der Waals surface area contributed by atoms with Gasteiger partial charge in [-0.25, -0.2) is 0 Å². The third-order valence-corrected chi connectivity index (χ3v) is 1.97. The predicted octanol–water partition coefficient (Wildman–Crippen LogP) is 0.384. The first-order chi connectivity index (χ1) is 5.74. The van der Waals surface area contributed by atoms with E-state index in [4.69, 9.17) is 0 Å². The van der Waals surface area contributed by atoms with Crippen LogP contribution in [-0.4, -0.2) is 37.5 Å². The van der Waals surface area contributed by atoms with Gasteiger partial charge in [0.2, 0.25) is 5.91 Å². The highest BCUT2D eigenvalue weighted by Crippen LogP contribution is 2.06. The lowest BCUT2D eigenvalue weighted by Crippen LogP contribution is -2.34. The quantitative estimate of drug-likeness (QED) is 0.646. The van der Waals surface area contributed by atoms with Gasteiger partial charge in [-0.05, 0) is 20.4 Å². The first-order valence-corrected chi connectivity index (χ1v) is 4.39. The average molecular weight is 168 g/mol. The van der Waals surface area contributed by atoms with Gasteiger partial charge < -0.3 is 10.2 Å². The second-order valence-electron chi connectivity index (χ2n) is 3.12. The number of likely N-dealkylation sites (N-methyl/N-ethyl adjacent to an activating group) is 2. The molecule has 1 N–H and O–H groups in total. The summed E-state index contributed by atoms with van der Waals surface area (Å²) >= 11 is 0. The van der Waals surface area contributed by atoms with Gasteiger partial charge in [-0.15, -0.1) is 0 Å². The van der Waals surface area contributed by atoms with Gasteiger partial charge in [-0.1, -0.05) is 6.08 Å². The molecule has 0 unspecified atom stereocenters. The summed E-state index contributed by atoms with van der Waals surface area (Å²) in [5, 5.41) is 2.80. The monoisotopic (exact) mass is 168 g/mol. The molecule has 3 heteroatoms. The van der Waals surface area contributed by atoms with E-state index in [0.29, 0.717) is 6.54 Å². The Labute approximate surface area is 73.4 Å². The molecule has 12 heavy (non-hydrogen) atoms. The summed E-state index contributed by atoms with van der Waals surface area (Å²) in [4.78, 5) is 13.5. The Balaban J connectivity index is 2.50. The summed E-state index contributed by atoms with van der Waals surface area (Å²) in [6, 6.07) is 0. The number of nitrogens with one attached hydrogen (secondary N) is 1. The molecule has 1 aliphatic rings. The maximum absolute atomic E-state index is 11.3. The van der Waals surface area contributed by atoms with Crippen molar-refractivity contribution < 1.29 is 4.79 Å². The molecule has 0 aliphatic carbocycles. The summed E-state index contributed by atoms with van der Waals surface area (Å²) in [6.45, 7) is 4.49. The van der Waals surface area contributed by atoms with E-state index in [-0.39, 0.29) is 5.91 Å². The molecule has 0 saturated carbocycles. The number of hydrogen-bond acceptors (Lipinski definition) is 2. The number of amides is 1. The molecule has 0 spiro atoms. The standard InChI is InChI=1S/C9H16N2O/c1-3-10-9(12)8-5-4-6-11(2)7-8/h5H,3-4,6-7H2,1-2H3,(H,10,12). The first-order valence-electron chi connectivity index (χ1n) is 4.39. The maximum Gasteiger partial charge on any atom is 0.248 e. The SMILES string of the molecule is CCNC(=O)C1=CCCN(C)C1. The van der Waals surface area contributed by atoms with Gasteiger partial charge in [0.1, 0.15) is 0 Å². The maximum atomic E-state index is 11.3. The molecule has 1 amide bonds. The van der Waals surface area contributed by atoms with Crippen molar-refractivity contribution in [1.82, 2.24) is 10.2 Å². The third kappa shape index (κ3) is 2.34. The van der Waals surface area contributed by atoms with Crippen molar-refractivity contribution in [2.75, 3.05) is 26.7 Å². The van der Waals surface area contributed by atoms with Crippen molar-refractivity contribution in [3.05, 3.63) is 11.6 Å². The highest BCUT2D eigenvalue weighted by atomic mass is 16.1. The fourth-order valence-electron chi connectivity index (χ4n) is 1.33. The van der Waals surface area contributed by atoms with Crippen LogP contribution < -0.4 is 5.32 Å². The largest absolute Gasteiger partial charge is 0.353 e. The van der Waals surface area contributed by atoms with Crippen molar-refractivity contribution in [1.29, 1.82) is 0 Å². The number of rotatable bonds is 2. The van der Waals surface area contributed by atoms with Crippen LogP contribution in [0.5, 0.6) is 0 Å².